The molecule has 0 saturated carbocycles. The van der Waals surface area contributed by atoms with Gasteiger partial charge in [-0.05, 0) is 87.9 Å². The van der Waals surface area contributed by atoms with Crippen LogP contribution in [0.15, 0.2) is 54.4 Å². The van der Waals surface area contributed by atoms with Crippen molar-refractivity contribution in [3.8, 4) is 0 Å². The van der Waals surface area contributed by atoms with E-state index in [0.717, 1.165) is 63.1 Å². The van der Waals surface area contributed by atoms with Crippen LogP contribution in [0.4, 0.5) is 14.5 Å². The Hall–Kier alpha value is -2.31. The molecule has 1 aromatic carbocycles. The van der Waals surface area contributed by atoms with Crippen molar-refractivity contribution >= 4 is 11.6 Å². The minimum atomic E-state index is -0.529. The molecule has 0 spiro atoms. The second-order valence-corrected chi connectivity index (χ2v) is 9.25. The van der Waals surface area contributed by atoms with E-state index in [9.17, 15) is 13.6 Å². The molecule has 0 radical (unpaired) electrons. The van der Waals surface area contributed by atoms with Gasteiger partial charge in [0, 0.05) is 25.7 Å². The third-order valence-electron chi connectivity index (χ3n) is 6.74. The molecule has 0 aliphatic carbocycles. The lowest BCUT2D eigenvalue weighted by Crippen LogP contribution is -2.44. The number of anilines is 1. The molecule has 2 rings (SSSR count). The van der Waals surface area contributed by atoms with Gasteiger partial charge in [-0.3, -0.25) is 9.69 Å². The molecule has 1 saturated heterocycles. The smallest absolute Gasteiger partial charge is 0.241 e. The molecule has 0 aromatic heterocycles. The maximum Gasteiger partial charge on any atom is 0.241 e. The number of allylic oxidation sites excluding steroid dienone is 5. The summed E-state index contributed by atoms with van der Waals surface area (Å²) in [6.45, 7) is 15.3. The van der Waals surface area contributed by atoms with Gasteiger partial charge in [-0.15, -0.1) is 0 Å². The van der Waals surface area contributed by atoms with Crippen molar-refractivity contribution in [3.63, 3.8) is 0 Å². The molecule has 0 N–H and O–H groups in total. The summed E-state index contributed by atoms with van der Waals surface area (Å²) in [4.78, 5) is 17.2. The van der Waals surface area contributed by atoms with Crippen molar-refractivity contribution in [2.45, 2.75) is 59.3 Å². The maximum atomic E-state index is 14.3. The molecule has 1 unspecified atom stereocenters. The lowest BCUT2D eigenvalue weighted by atomic mass is 9.90. The Morgan fingerprint density at radius 2 is 1.97 bits per heavy atom. The third-order valence-corrected chi connectivity index (χ3v) is 6.74. The monoisotopic (exact) mass is 488 g/mol. The molecular weight excluding hydrogens is 446 g/mol. The van der Waals surface area contributed by atoms with Crippen LogP contribution in [0.3, 0.4) is 0 Å². The minimum Gasteiger partial charge on any atom is -0.381 e. The van der Waals surface area contributed by atoms with Gasteiger partial charge >= 0.3 is 0 Å². The number of carbonyl (C=O) groups is 1. The van der Waals surface area contributed by atoms with E-state index in [1.165, 1.54) is 18.2 Å². The lowest BCUT2D eigenvalue weighted by molar-refractivity contribution is -0.120. The zero-order valence-corrected chi connectivity index (χ0v) is 21.9. The van der Waals surface area contributed by atoms with Gasteiger partial charge < -0.3 is 9.64 Å². The van der Waals surface area contributed by atoms with Gasteiger partial charge in [-0.25, -0.2) is 8.78 Å². The second-order valence-electron chi connectivity index (χ2n) is 9.25. The fourth-order valence-corrected chi connectivity index (χ4v) is 4.66. The number of hydrogen-bond acceptors (Lipinski definition) is 3. The normalized spacial score (nSPS) is 16.6. The van der Waals surface area contributed by atoms with Crippen LogP contribution in [-0.4, -0.2) is 50.2 Å². The van der Waals surface area contributed by atoms with Gasteiger partial charge in [0.15, 0.2) is 0 Å². The Morgan fingerprint density at radius 3 is 2.57 bits per heavy atom. The minimum absolute atomic E-state index is 0.0361. The predicted octanol–water partition coefficient (Wildman–Crippen LogP) is 6.80. The van der Waals surface area contributed by atoms with Crippen LogP contribution in [0.2, 0.25) is 0 Å². The summed E-state index contributed by atoms with van der Waals surface area (Å²) in [6.07, 6.45) is 9.13. The Morgan fingerprint density at radius 1 is 1.26 bits per heavy atom. The summed E-state index contributed by atoms with van der Waals surface area (Å²) in [5.41, 5.74) is 2.26. The summed E-state index contributed by atoms with van der Waals surface area (Å²) < 4.78 is 33.1. The Labute approximate surface area is 210 Å². The van der Waals surface area contributed by atoms with E-state index < -0.39 is 5.83 Å². The highest BCUT2D eigenvalue weighted by Crippen LogP contribution is 2.34. The first-order valence-electron chi connectivity index (χ1n) is 12.9. The van der Waals surface area contributed by atoms with Crippen molar-refractivity contribution < 1.29 is 18.3 Å². The van der Waals surface area contributed by atoms with Gasteiger partial charge in [0.1, 0.15) is 11.6 Å². The zero-order chi connectivity index (χ0) is 25.8. The third kappa shape index (κ3) is 9.01. The van der Waals surface area contributed by atoms with E-state index in [1.807, 2.05) is 26.8 Å². The van der Waals surface area contributed by atoms with Crippen LogP contribution in [0, 0.1) is 11.7 Å². The molecule has 1 aliphatic heterocycles. The van der Waals surface area contributed by atoms with E-state index in [-0.39, 0.29) is 17.6 Å². The number of likely N-dealkylation sites (tertiary alicyclic amines) is 1. The Bertz CT molecular complexity index is 889. The summed E-state index contributed by atoms with van der Waals surface area (Å²) >= 11 is 0. The molecular formula is C29H42F2N2O2. The standard InChI is InChI=1S/C29H42F2N2O2/c1-6-18-35-19-15-24-13-16-32(17-14-24)21-29(34)33(8-3)28-20-26(31)11-12-27(28)23(5)25(7-2)10-9-22(4)30/h7,9-12,20,23-24H,4,6,8,13-19,21H2,1-3,5H3/b10-9-,25-7+. The second kappa shape index (κ2) is 14.9. The summed E-state index contributed by atoms with van der Waals surface area (Å²) in [6, 6.07) is 4.56. The fourth-order valence-electron chi connectivity index (χ4n) is 4.66. The van der Waals surface area contributed by atoms with Crippen LogP contribution in [0.25, 0.3) is 0 Å². The molecule has 1 amide bonds. The summed E-state index contributed by atoms with van der Waals surface area (Å²) in [5.74, 6) is -0.463. The van der Waals surface area contributed by atoms with Crippen molar-refractivity contribution in [3.05, 3.63) is 65.8 Å². The molecule has 1 atom stereocenters. The number of carbonyl (C=O) groups excluding carboxylic acids is 1. The van der Waals surface area contributed by atoms with Crippen molar-refractivity contribution in [1.82, 2.24) is 4.90 Å². The molecule has 0 bridgehead atoms. The van der Waals surface area contributed by atoms with Gasteiger partial charge in [0.2, 0.25) is 5.91 Å². The van der Waals surface area contributed by atoms with Gasteiger partial charge in [-0.1, -0.05) is 38.6 Å². The molecule has 1 aromatic rings. The van der Waals surface area contributed by atoms with E-state index in [1.54, 1.807) is 17.0 Å². The first-order valence-corrected chi connectivity index (χ1v) is 12.9. The number of piperidine rings is 1. The van der Waals surface area contributed by atoms with Crippen LogP contribution in [-0.2, 0) is 9.53 Å². The van der Waals surface area contributed by atoms with Crippen molar-refractivity contribution in [2.24, 2.45) is 5.92 Å². The highest BCUT2D eigenvalue weighted by molar-refractivity contribution is 5.95. The molecule has 35 heavy (non-hydrogen) atoms. The number of likely N-dealkylation sites (N-methyl/N-ethyl adjacent to an activating group) is 1. The first kappa shape index (κ1) is 28.9. The number of halogens is 2. The maximum absolute atomic E-state index is 14.3. The summed E-state index contributed by atoms with van der Waals surface area (Å²) in [7, 11) is 0. The molecule has 1 aliphatic rings. The number of nitrogens with zero attached hydrogens (tertiary/aromatic N) is 2. The van der Waals surface area contributed by atoms with Gasteiger partial charge in [-0.2, -0.15) is 0 Å². The average molecular weight is 489 g/mol. The molecule has 4 nitrogen and oxygen atoms in total. The largest absolute Gasteiger partial charge is 0.381 e. The fraction of sp³-hybridized carbons (Fsp3) is 0.552. The average Bonchev–Trinajstić information content (AvgIpc) is 2.83. The number of benzene rings is 1. The molecule has 1 fully saturated rings. The first-order chi connectivity index (χ1) is 16.8. The van der Waals surface area contributed by atoms with Crippen molar-refractivity contribution in [1.29, 1.82) is 0 Å². The quantitative estimate of drug-likeness (QED) is 0.226. The number of amides is 1. The summed E-state index contributed by atoms with van der Waals surface area (Å²) in [5, 5.41) is 0. The highest BCUT2D eigenvalue weighted by atomic mass is 19.1. The molecule has 1 heterocycles. The Kier molecular flexibility index (Phi) is 12.4. The van der Waals surface area contributed by atoms with Crippen LogP contribution in [0.1, 0.15) is 64.9 Å². The molecule has 6 heteroatoms. The van der Waals surface area contributed by atoms with Crippen LogP contribution in [0.5, 0.6) is 0 Å². The van der Waals surface area contributed by atoms with Crippen molar-refractivity contribution in [2.75, 3.05) is 44.3 Å². The van der Waals surface area contributed by atoms with E-state index in [4.69, 9.17) is 4.74 Å². The topological polar surface area (TPSA) is 32.8 Å². The van der Waals surface area contributed by atoms with E-state index >= 15 is 0 Å². The lowest BCUT2D eigenvalue weighted by Gasteiger charge is -2.33. The van der Waals surface area contributed by atoms with Crippen LogP contribution < -0.4 is 4.90 Å². The Balaban J connectivity index is 2.10. The number of rotatable bonds is 13. The van der Waals surface area contributed by atoms with E-state index in [2.05, 4.69) is 18.4 Å². The highest BCUT2D eigenvalue weighted by Gasteiger charge is 2.26. The van der Waals surface area contributed by atoms with Gasteiger partial charge in [0.05, 0.1) is 12.2 Å². The molecule has 194 valence electrons. The van der Waals surface area contributed by atoms with E-state index in [0.29, 0.717) is 24.7 Å². The van der Waals surface area contributed by atoms with Crippen LogP contribution >= 0.6 is 0 Å². The predicted molar refractivity (Wildman–Crippen MR) is 141 cm³/mol. The van der Waals surface area contributed by atoms with Gasteiger partial charge in [0.25, 0.3) is 0 Å². The zero-order valence-electron chi connectivity index (χ0n) is 21.9. The number of hydrogen-bond donors (Lipinski definition) is 0. The SMILES string of the molecule is C=C(F)/C=C\C(=C/C)C(C)c1ccc(F)cc1N(CC)C(=O)CN1CCC(CCOCCC)CC1. The number of ether oxygens (including phenoxy) is 1.